The van der Waals surface area contributed by atoms with Crippen LogP contribution in [0.3, 0.4) is 0 Å². The zero-order chi connectivity index (χ0) is 15.4. The molecule has 0 atom stereocenters. The Balaban J connectivity index is 2.23. The van der Waals surface area contributed by atoms with Gasteiger partial charge in [0.1, 0.15) is 0 Å². The summed E-state index contributed by atoms with van der Waals surface area (Å²) < 4.78 is 0. The molecule has 6 nitrogen and oxygen atoms in total. The Labute approximate surface area is 121 Å². The fourth-order valence-corrected chi connectivity index (χ4v) is 1.98. The van der Waals surface area contributed by atoms with Crippen LogP contribution in [0.15, 0.2) is 48.5 Å². The Morgan fingerprint density at radius 3 is 2.52 bits per heavy atom. The van der Waals surface area contributed by atoms with Gasteiger partial charge in [-0.2, -0.15) is 0 Å². The second-order valence-electron chi connectivity index (χ2n) is 4.68. The normalized spacial score (nSPS) is 10.1. The highest BCUT2D eigenvalue weighted by Gasteiger charge is 2.18. The Morgan fingerprint density at radius 2 is 1.90 bits per heavy atom. The molecule has 2 aromatic rings. The molecule has 0 aliphatic heterocycles. The highest BCUT2D eigenvalue weighted by atomic mass is 16.6. The van der Waals surface area contributed by atoms with Gasteiger partial charge in [-0.25, -0.2) is 0 Å². The SMILES string of the molecule is CN(Cc1ccccc1)C(=O)c1cc([N+](=O)[O-])ccc1N. The summed E-state index contributed by atoms with van der Waals surface area (Å²) in [5.74, 6) is -0.347. The summed E-state index contributed by atoms with van der Waals surface area (Å²) in [6, 6.07) is 13.3. The van der Waals surface area contributed by atoms with Crippen LogP contribution in [0.5, 0.6) is 0 Å². The molecule has 6 heteroatoms. The highest BCUT2D eigenvalue weighted by Crippen LogP contribution is 2.21. The van der Waals surface area contributed by atoms with Crippen molar-refractivity contribution in [3.05, 3.63) is 69.8 Å². The molecule has 108 valence electrons. The molecule has 2 rings (SSSR count). The Morgan fingerprint density at radius 1 is 1.24 bits per heavy atom. The van der Waals surface area contributed by atoms with E-state index in [0.717, 1.165) is 5.56 Å². The number of benzene rings is 2. The van der Waals surface area contributed by atoms with E-state index in [1.165, 1.54) is 23.1 Å². The van der Waals surface area contributed by atoms with Crippen molar-refractivity contribution in [2.45, 2.75) is 6.54 Å². The largest absolute Gasteiger partial charge is 0.398 e. The summed E-state index contributed by atoms with van der Waals surface area (Å²) in [6.07, 6.45) is 0. The first-order valence-corrected chi connectivity index (χ1v) is 6.32. The number of anilines is 1. The van der Waals surface area contributed by atoms with Gasteiger partial charge in [-0.1, -0.05) is 30.3 Å². The van der Waals surface area contributed by atoms with Crippen LogP contribution in [-0.4, -0.2) is 22.8 Å². The standard InChI is InChI=1S/C15H15N3O3/c1-17(10-11-5-3-2-4-6-11)15(19)13-9-12(18(20)21)7-8-14(13)16/h2-9H,10,16H2,1H3. The molecule has 0 bridgehead atoms. The van der Waals surface area contributed by atoms with E-state index < -0.39 is 4.92 Å². The van der Waals surface area contributed by atoms with Crippen LogP contribution < -0.4 is 5.73 Å². The van der Waals surface area contributed by atoms with Gasteiger partial charge in [-0.05, 0) is 11.6 Å². The first-order chi connectivity index (χ1) is 9.99. The summed E-state index contributed by atoms with van der Waals surface area (Å²) in [6.45, 7) is 0.405. The summed E-state index contributed by atoms with van der Waals surface area (Å²) in [4.78, 5) is 24.1. The molecule has 0 saturated heterocycles. The Hall–Kier alpha value is -2.89. The molecule has 0 heterocycles. The van der Waals surface area contributed by atoms with Crippen LogP contribution in [0.1, 0.15) is 15.9 Å². The predicted molar refractivity (Wildman–Crippen MR) is 79.7 cm³/mol. The number of nitrogens with two attached hydrogens (primary N) is 1. The fourth-order valence-electron chi connectivity index (χ4n) is 1.98. The van der Waals surface area contributed by atoms with Crippen LogP contribution in [-0.2, 0) is 6.54 Å². The minimum absolute atomic E-state index is 0.141. The number of rotatable bonds is 4. The number of carbonyl (C=O) groups is 1. The van der Waals surface area contributed by atoms with Gasteiger partial charge in [-0.15, -0.1) is 0 Å². The van der Waals surface area contributed by atoms with Gasteiger partial charge in [0.25, 0.3) is 11.6 Å². The number of carbonyl (C=O) groups excluding carboxylic acids is 1. The smallest absolute Gasteiger partial charge is 0.270 e. The zero-order valence-corrected chi connectivity index (χ0v) is 11.5. The van der Waals surface area contributed by atoms with Gasteiger partial charge in [0.2, 0.25) is 0 Å². The molecule has 0 aliphatic rings. The average molecular weight is 285 g/mol. The summed E-state index contributed by atoms with van der Waals surface area (Å²) in [5.41, 5.74) is 6.94. The van der Waals surface area contributed by atoms with Crippen molar-refractivity contribution < 1.29 is 9.72 Å². The van der Waals surface area contributed by atoms with Crippen LogP contribution in [0, 0.1) is 10.1 Å². The third kappa shape index (κ3) is 3.36. The van der Waals surface area contributed by atoms with Crippen LogP contribution >= 0.6 is 0 Å². The van der Waals surface area contributed by atoms with Crippen LogP contribution in [0.4, 0.5) is 11.4 Å². The van der Waals surface area contributed by atoms with Gasteiger partial charge < -0.3 is 10.6 Å². The lowest BCUT2D eigenvalue weighted by Crippen LogP contribution is -2.27. The first-order valence-electron chi connectivity index (χ1n) is 6.32. The molecule has 0 radical (unpaired) electrons. The minimum Gasteiger partial charge on any atom is -0.398 e. The Kier molecular flexibility index (Phi) is 4.18. The van der Waals surface area contributed by atoms with E-state index in [1.807, 2.05) is 30.3 Å². The van der Waals surface area contributed by atoms with Gasteiger partial charge in [0.05, 0.1) is 10.5 Å². The maximum Gasteiger partial charge on any atom is 0.270 e. The van der Waals surface area contributed by atoms with Crippen molar-refractivity contribution in [1.82, 2.24) is 4.90 Å². The summed E-state index contributed by atoms with van der Waals surface area (Å²) >= 11 is 0. The Bertz CT molecular complexity index is 671. The molecule has 2 N–H and O–H groups in total. The van der Waals surface area contributed by atoms with Crippen molar-refractivity contribution in [2.75, 3.05) is 12.8 Å². The quantitative estimate of drug-likeness (QED) is 0.531. The first kappa shape index (κ1) is 14.5. The zero-order valence-electron chi connectivity index (χ0n) is 11.5. The number of amides is 1. The van der Waals surface area contributed by atoms with Crippen molar-refractivity contribution in [3.8, 4) is 0 Å². The number of hydrogen-bond donors (Lipinski definition) is 1. The van der Waals surface area contributed by atoms with Gasteiger partial charge in [-0.3, -0.25) is 14.9 Å². The fraction of sp³-hybridized carbons (Fsp3) is 0.133. The molecule has 0 spiro atoms. The molecule has 0 unspecified atom stereocenters. The lowest BCUT2D eigenvalue weighted by molar-refractivity contribution is -0.384. The van der Waals surface area contributed by atoms with E-state index in [4.69, 9.17) is 5.73 Å². The van der Waals surface area contributed by atoms with Crippen molar-refractivity contribution in [2.24, 2.45) is 0 Å². The maximum absolute atomic E-state index is 12.4. The molecule has 0 fully saturated rings. The van der Waals surface area contributed by atoms with E-state index in [9.17, 15) is 14.9 Å². The molecule has 21 heavy (non-hydrogen) atoms. The molecule has 1 amide bonds. The number of non-ortho nitro benzene ring substituents is 1. The van der Waals surface area contributed by atoms with Crippen molar-refractivity contribution in [3.63, 3.8) is 0 Å². The molecular weight excluding hydrogens is 270 g/mol. The lowest BCUT2D eigenvalue weighted by Gasteiger charge is -2.18. The van der Waals surface area contributed by atoms with Gasteiger partial charge in [0, 0.05) is 31.4 Å². The second kappa shape index (κ2) is 6.04. The summed E-state index contributed by atoms with van der Waals surface area (Å²) in [5, 5.41) is 10.8. The van der Waals surface area contributed by atoms with Crippen molar-refractivity contribution >= 4 is 17.3 Å². The monoisotopic (exact) mass is 285 g/mol. The third-order valence-electron chi connectivity index (χ3n) is 3.09. The van der Waals surface area contributed by atoms with Crippen molar-refractivity contribution in [1.29, 1.82) is 0 Å². The molecule has 2 aromatic carbocycles. The minimum atomic E-state index is -0.548. The number of nitro benzene ring substituents is 1. The number of nitrogens with zero attached hydrogens (tertiary/aromatic N) is 2. The van der Waals surface area contributed by atoms with Crippen LogP contribution in [0.2, 0.25) is 0 Å². The number of nitro groups is 1. The molecular formula is C15H15N3O3. The second-order valence-corrected chi connectivity index (χ2v) is 4.68. The molecule has 0 saturated carbocycles. The lowest BCUT2D eigenvalue weighted by atomic mass is 10.1. The van der Waals surface area contributed by atoms with E-state index in [2.05, 4.69) is 0 Å². The van der Waals surface area contributed by atoms with E-state index in [1.54, 1.807) is 7.05 Å². The summed E-state index contributed by atoms with van der Waals surface area (Å²) in [7, 11) is 1.63. The third-order valence-corrected chi connectivity index (χ3v) is 3.09. The number of nitrogen functional groups attached to an aromatic ring is 1. The molecule has 0 aromatic heterocycles. The highest BCUT2D eigenvalue weighted by molar-refractivity contribution is 5.99. The number of hydrogen-bond acceptors (Lipinski definition) is 4. The molecule has 0 aliphatic carbocycles. The van der Waals surface area contributed by atoms with Gasteiger partial charge >= 0.3 is 0 Å². The van der Waals surface area contributed by atoms with Gasteiger partial charge in [0.15, 0.2) is 0 Å². The predicted octanol–water partition coefficient (Wildman–Crippen LogP) is 2.45. The maximum atomic E-state index is 12.4. The van der Waals surface area contributed by atoms with Crippen LogP contribution in [0.25, 0.3) is 0 Å². The average Bonchev–Trinajstić information content (AvgIpc) is 2.47. The van der Waals surface area contributed by atoms with E-state index >= 15 is 0 Å². The van der Waals surface area contributed by atoms with E-state index in [-0.39, 0.29) is 22.8 Å². The topological polar surface area (TPSA) is 89.5 Å². The van der Waals surface area contributed by atoms with E-state index in [0.29, 0.717) is 6.54 Å².